The van der Waals surface area contributed by atoms with Gasteiger partial charge >= 0.3 is 5.97 Å². The number of rotatable bonds is 8. The van der Waals surface area contributed by atoms with E-state index < -0.39 is 17.9 Å². The summed E-state index contributed by atoms with van der Waals surface area (Å²) in [5, 5.41) is 10.8. The van der Waals surface area contributed by atoms with Gasteiger partial charge in [0.05, 0.1) is 0 Å². The Morgan fingerprint density at radius 2 is 1.94 bits per heavy atom. The number of hydrogen-bond donors (Lipinski definition) is 4. The van der Waals surface area contributed by atoms with E-state index in [0.717, 1.165) is 12.5 Å². The quantitative estimate of drug-likeness (QED) is 0.246. The van der Waals surface area contributed by atoms with Crippen molar-refractivity contribution in [2.75, 3.05) is 6.54 Å². The monoisotopic (exact) mass is 245 g/mol. The lowest BCUT2D eigenvalue weighted by Crippen LogP contribution is -2.35. The number of carbonyl (C=O) groups is 3. The molecule has 0 rings (SSSR count). The van der Waals surface area contributed by atoms with Gasteiger partial charge in [0.1, 0.15) is 6.04 Å². The molecule has 0 aliphatic rings. The lowest BCUT2D eigenvalue weighted by atomic mass is 10.1. The molecular formula is C10H19N3O4. The molecule has 17 heavy (non-hydrogen) atoms. The van der Waals surface area contributed by atoms with Crippen LogP contribution in [0, 0.1) is 0 Å². The highest BCUT2D eigenvalue weighted by molar-refractivity contribution is 5.84. The van der Waals surface area contributed by atoms with Crippen LogP contribution in [0.1, 0.15) is 19.3 Å². The van der Waals surface area contributed by atoms with Gasteiger partial charge in [0.2, 0.25) is 12.3 Å². The number of amides is 2. The Morgan fingerprint density at radius 1 is 1.41 bits per heavy atom. The van der Waals surface area contributed by atoms with Gasteiger partial charge in [0.15, 0.2) is 0 Å². The minimum atomic E-state index is -1.00. The Balaban J connectivity index is 0. The summed E-state index contributed by atoms with van der Waals surface area (Å²) in [6.45, 7) is 3.63. The van der Waals surface area contributed by atoms with Crippen LogP contribution >= 0.6 is 0 Å². The Kier molecular flexibility index (Phi) is 12.5. The molecule has 0 aromatic rings. The number of carbonyl (C=O) groups excluding carboxylic acids is 2. The van der Waals surface area contributed by atoms with E-state index in [0.29, 0.717) is 25.8 Å². The smallest absolute Gasteiger partial charge is 0.326 e. The van der Waals surface area contributed by atoms with Crippen LogP contribution in [0.4, 0.5) is 0 Å². The fourth-order valence-electron chi connectivity index (χ4n) is 0.853. The summed E-state index contributed by atoms with van der Waals surface area (Å²) < 4.78 is 0. The van der Waals surface area contributed by atoms with Crippen molar-refractivity contribution in [3.63, 3.8) is 0 Å². The molecule has 0 aliphatic heterocycles. The Labute approximate surface area is 99.8 Å². The lowest BCUT2D eigenvalue weighted by molar-refractivity contribution is -0.140. The molecule has 6 N–H and O–H groups in total. The number of hydrogen-bond acceptors (Lipinski definition) is 4. The van der Waals surface area contributed by atoms with Gasteiger partial charge in [-0.15, -0.1) is 0 Å². The van der Waals surface area contributed by atoms with Gasteiger partial charge in [-0.05, 0) is 31.9 Å². The molecule has 0 saturated heterocycles. The number of primary amides is 1. The van der Waals surface area contributed by atoms with E-state index in [-0.39, 0.29) is 0 Å². The number of nitrogens with two attached hydrogens (primary N) is 2. The number of nitrogens with one attached hydrogen (secondary N) is 1. The third-order valence-electron chi connectivity index (χ3n) is 1.72. The van der Waals surface area contributed by atoms with Crippen molar-refractivity contribution in [2.45, 2.75) is 25.3 Å². The Bertz CT molecular complexity index is 256. The first-order valence-electron chi connectivity index (χ1n) is 5.04. The maximum absolute atomic E-state index is 10.4. The second-order valence-corrected chi connectivity index (χ2v) is 3.07. The molecule has 0 fully saturated rings. The van der Waals surface area contributed by atoms with Gasteiger partial charge in [-0.1, -0.05) is 6.58 Å². The van der Waals surface area contributed by atoms with Gasteiger partial charge in [-0.2, -0.15) is 0 Å². The van der Waals surface area contributed by atoms with Gasteiger partial charge < -0.3 is 21.9 Å². The second kappa shape index (κ2) is 12.2. The van der Waals surface area contributed by atoms with Crippen molar-refractivity contribution in [1.82, 2.24) is 5.32 Å². The van der Waals surface area contributed by atoms with Crippen molar-refractivity contribution in [3.8, 4) is 0 Å². The van der Waals surface area contributed by atoms with Crippen LogP contribution in [0.25, 0.3) is 0 Å². The maximum atomic E-state index is 10.4. The van der Waals surface area contributed by atoms with Gasteiger partial charge in [0.25, 0.3) is 0 Å². The zero-order valence-electron chi connectivity index (χ0n) is 9.59. The van der Waals surface area contributed by atoms with Crippen LogP contribution in [0.15, 0.2) is 12.7 Å². The largest absolute Gasteiger partial charge is 0.480 e. The first-order valence-corrected chi connectivity index (χ1v) is 5.04. The number of unbranched alkanes of at least 4 members (excludes halogenated alkanes) is 1. The fourth-order valence-corrected chi connectivity index (χ4v) is 0.853. The predicted molar refractivity (Wildman–Crippen MR) is 62.9 cm³/mol. The maximum Gasteiger partial charge on any atom is 0.326 e. The van der Waals surface area contributed by atoms with E-state index in [9.17, 15) is 14.4 Å². The van der Waals surface area contributed by atoms with Crippen molar-refractivity contribution in [2.24, 2.45) is 11.5 Å². The summed E-state index contributed by atoms with van der Waals surface area (Å²) in [5.41, 5.74) is 9.76. The lowest BCUT2D eigenvalue weighted by Gasteiger charge is -2.09. The highest BCUT2D eigenvalue weighted by Gasteiger charge is 2.14. The molecule has 98 valence electrons. The predicted octanol–water partition coefficient (Wildman–Crippen LogP) is -1.03. The third kappa shape index (κ3) is 14.1. The minimum Gasteiger partial charge on any atom is -0.480 e. The normalized spacial score (nSPS) is 10.4. The molecule has 0 unspecified atom stereocenters. The SMILES string of the molecule is C=CC(N)=O.NCCCC[C@H](NC=O)C(=O)O. The molecule has 0 saturated carbocycles. The standard InChI is InChI=1S/C7H14N2O3.C3H5NO/c8-4-2-1-3-6(7(11)12)9-5-10;1-2-3(4)5/h5-6H,1-4,8H2,(H,9,10)(H,11,12);2H,1H2,(H2,4,5)/t6-;/m0./s1. The number of carboxylic acid groups (broad SMARTS) is 1. The van der Waals surface area contributed by atoms with Gasteiger partial charge in [-0.25, -0.2) is 4.79 Å². The molecule has 0 aromatic heterocycles. The van der Waals surface area contributed by atoms with Gasteiger partial charge in [-0.3, -0.25) is 9.59 Å². The summed E-state index contributed by atoms with van der Waals surface area (Å²) in [7, 11) is 0. The first-order chi connectivity index (χ1) is 7.99. The van der Waals surface area contributed by atoms with E-state index in [2.05, 4.69) is 17.6 Å². The number of carboxylic acids is 1. The Hall–Kier alpha value is -1.89. The zero-order valence-corrected chi connectivity index (χ0v) is 9.59. The minimum absolute atomic E-state index is 0.404. The van der Waals surface area contributed by atoms with E-state index in [1.165, 1.54) is 0 Å². The molecular weight excluding hydrogens is 226 g/mol. The van der Waals surface area contributed by atoms with Crippen LogP contribution in [0.2, 0.25) is 0 Å². The van der Waals surface area contributed by atoms with Crippen molar-refractivity contribution < 1.29 is 19.5 Å². The average molecular weight is 245 g/mol. The topological polar surface area (TPSA) is 136 Å². The zero-order chi connectivity index (χ0) is 13.7. The van der Waals surface area contributed by atoms with Crippen molar-refractivity contribution in [3.05, 3.63) is 12.7 Å². The molecule has 7 heteroatoms. The third-order valence-corrected chi connectivity index (χ3v) is 1.72. The van der Waals surface area contributed by atoms with Crippen LogP contribution in [-0.2, 0) is 14.4 Å². The van der Waals surface area contributed by atoms with E-state index >= 15 is 0 Å². The van der Waals surface area contributed by atoms with Crippen molar-refractivity contribution >= 4 is 18.3 Å². The highest BCUT2D eigenvalue weighted by Crippen LogP contribution is 1.99. The fraction of sp³-hybridized carbons (Fsp3) is 0.500. The van der Waals surface area contributed by atoms with Crippen LogP contribution < -0.4 is 16.8 Å². The van der Waals surface area contributed by atoms with Gasteiger partial charge in [0, 0.05) is 0 Å². The summed E-state index contributed by atoms with van der Waals surface area (Å²) in [6, 6.07) is -0.769. The van der Waals surface area contributed by atoms with E-state index in [4.69, 9.17) is 10.8 Å². The molecule has 2 amide bonds. The van der Waals surface area contributed by atoms with Crippen LogP contribution in [0.5, 0.6) is 0 Å². The molecule has 0 aliphatic carbocycles. The summed E-state index contributed by atoms with van der Waals surface area (Å²) >= 11 is 0. The highest BCUT2D eigenvalue weighted by atomic mass is 16.4. The molecule has 0 heterocycles. The second-order valence-electron chi connectivity index (χ2n) is 3.07. The van der Waals surface area contributed by atoms with Crippen LogP contribution in [-0.4, -0.2) is 36.0 Å². The van der Waals surface area contributed by atoms with Crippen LogP contribution in [0.3, 0.4) is 0 Å². The molecule has 0 bridgehead atoms. The first kappa shape index (κ1) is 17.5. The summed E-state index contributed by atoms with van der Waals surface area (Å²) in [4.78, 5) is 29.9. The molecule has 0 radical (unpaired) electrons. The summed E-state index contributed by atoms with van der Waals surface area (Å²) in [6.07, 6.45) is 3.39. The average Bonchev–Trinajstić information content (AvgIpc) is 2.28. The van der Waals surface area contributed by atoms with E-state index in [1.807, 2.05) is 0 Å². The Morgan fingerprint density at radius 3 is 2.24 bits per heavy atom. The molecule has 0 spiro atoms. The molecule has 1 atom stereocenters. The van der Waals surface area contributed by atoms with Crippen molar-refractivity contribution in [1.29, 1.82) is 0 Å². The van der Waals surface area contributed by atoms with E-state index in [1.54, 1.807) is 0 Å². The molecule has 7 nitrogen and oxygen atoms in total. The summed E-state index contributed by atoms with van der Waals surface area (Å²) in [5.74, 6) is -1.48. The number of aliphatic carboxylic acids is 1. The molecule has 0 aromatic carbocycles.